The van der Waals surface area contributed by atoms with Gasteiger partial charge in [-0.05, 0) is 83.5 Å². The van der Waals surface area contributed by atoms with E-state index in [0.29, 0.717) is 13.0 Å². The van der Waals surface area contributed by atoms with E-state index in [-0.39, 0.29) is 25.6 Å². The van der Waals surface area contributed by atoms with Crippen LogP contribution in [0.15, 0.2) is 72.9 Å². The number of carbonyl (C=O) groups is 1. The third-order valence-electron chi connectivity index (χ3n) is 9.86. The minimum atomic E-state index is -1.55. The van der Waals surface area contributed by atoms with Crippen molar-refractivity contribution in [3.8, 4) is 0 Å². The quantitative estimate of drug-likeness (QED) is 0.0275. The van der Waals surface area contributed by atoms with Crippen molar-refractivity contribution in [2.75, 3.05) is 26.4 Å². The SMILES string of the molecule is CC/C=C\C/C=C\C/C=C\C/C=C\CCCCC(=O)OC(COCCCCCCCCCC/C=C\C/C=C\CCCCCC)COC1OC(CO)C(O)C(O)C1O. The van der Waals surface area contributed by atoms with Gasteiger partial charge in [-0.15, -0.1) is 0 Å². The van der Waals surface area contributed by atoms with Crippen LogP contribution in [-0.4, -0.2) is 89.6 Å². The number of rotatable bonds is 37. The fourth-order valence-electron chi connectivity index (χ4n) is 6.33. The number of unbranched alkanes of at least 4 members (excludes halogenated alkanes) is 14. The second-order valence-corrected chi connectivity index (χ2v) is 15.1. The zero-order valence-electron chi connectivity index (χ0n) is 35.8. The lowest BCUT2D eigenvalue weighted by Gasteiger charge is -2.39. The van der Waals surface area contributed by atoms with Gasteiger partial charge in [-0.2, -0.15) is 0 Å². The number of carbonyl (C=O) groups excluding carboxylic acids is 1. The highest BCUT2D eigenvalue weighted by Gasteiger charge is 2.44. The van der Waals surface area contributed by atoms with E-state index in [2.05, 4.69) is 86.8 Å². The molecule has 9 nitrogen and oxygen atoms in total. The van der Waals surface area contributed by atoms with Gasteiger partial charge in [0.15, 0.2) is 6.29 Å². The fraction of sp³-hybridized carbons (Fsp3) is 0.729. The van der Waals surface area contributed by atoms with Crippen molar-refractivity contribution in [3.05, 3.63) is 72.9 Å². The van der Waals surface area contributed by atoms with Gasteiger partial charge in [0.1, 0.15) is 30.5 Å². The Labute approximate surface area is 347 Å². The maximum atomic E-state index is 12.8. The predicted octanol–water partition coefficient (Wildman–Crippen LogP) is 10.1. The molecule has 0 aromatic carbocycles. The monoisotopic (exact) mass is 803 g/mol. The van der Waals surface area contributed by atoms with Gasteiger partial charge < -0.3 is 39.4 Å². The van der Waals surface area contributed by atoms with Crippen molar-refractivity contribution >= 4 is 5.97 Å². The summed E-state index contributed by atoms with van der Waals surface area (Å²) in [5, 5.41) is 40.1. The molecule has 0 radical (unpaired) electrons. The molecule has 0 spiro atoms. The molecule has 1 saturated heterocycles. The fourth-order valence-corrected chi connectivity index (χ4v) is 6.33. The molecule has 328 valence electrons. The van der Waals surface area contributed by atoms with Crippen LogP contribution in [0.4, 0.5) is 0 Å². The van der Waals surface area contributed by atoms with E-state index in [4.69, 9.17) is 18.9 Å². The normalized spacial score (nSPS) is 21.1. The topological polar surface area (TPSA) is 135 Å². The molecule has 0 aromatic heterocycles. The van der Waals surface area contributed by atoms with Gasteiger partial charge in [0.05, 0.1) is 19.8 Å². The molecular weight excluding hydrogens is 721 g/mol. The van der Waals surface area contributed by atoms with Crippen LogP contribution >= 0.6 is 0 Å². The lowest BCUT2D eigenvalue weighted by Crippen LogP contribution is -2.59. The summed E-state index contributed by atoms with van der Waals surface area (Å²) in [5.41, 5.74) is 0. The van der Waals surface area contributed by atoms with Gasteiger partial charge in [0, 0.05) is 13.0 Å². The van der Waals surface area contributed by atoms with E-state index in [9.17, 15) is 25.2 Å². The number of aliphatic hydroxyl groups excluding tert-OH is 4. The van der Waals surface area contributed by atoms with Crippen LogP contribution < -0.4 is 0 Å². The van der Waals surface area contributed by atoms with Crippen molar-refractivity contribution in [1.29, 1.82) is 0 Å². The maximum absolute atomic E-state index is 12.8. The van der Waals surface area contributed by atoms with Gasteiger partial charge in [-0.3, -0.25) is 4.79 Å². The van der Waals surface area contributed by atoms with E-state index >= 15 is 0 Å². The smallest absolute Gasteiger partial charge is 0.306 e. The van der Waals surface area contributed by atoms with Crippen LogP contribution in [0.5, 0.6) is 0 Å². The Morgan fingerprint density at radius 3 is 1.61 bits per heavy atom. The molecule has 0 saturated carbocycles. The molecule has 0 amide bonds. The summed E-state index contributed by atoms with van der Waals surface area (Å²) >= 11 is 0. The molecule has 1 aliphatic rings. The lowest BCUT2D eigenvalue weighted by atomic mass is 9.99. The van der Waals surface area contributed by atoms with Crippen molar-refractivity contribution in [2.24, 2.45) is 0 Å². The first-order valence-corrected chi connectivity index (χ1v) is 22.5. The zero-order valence-corrected chi connectivity index (χ0v) is 35.8. The molecule has 1 fully saturated rings. The number of aliphatic hydroxyl groups is 4. The predicted molar refractivity (Wildman–Crippen MR) is 233 cm³/mol. The van der Waals surface area contributed by atoms with E-state index < -0.39 is 43.4 Å². The molecule has 9 heteroatoms. The van der Waals surface area contributed by atoms with Crippen LogP contribution in [-0.2, 0) is 23.7 Å². The zero-order chi connectivity index (χ0) is 41.4. The summed E-state index contributed by atoms with van der Waals surface area (Å²) in [6.07, 6.45) is 43.6. The first kappa shape index (κ1) is 52.6. The Morgan fingerprint density at radius 2 is 1.07 bits per heavy atom. The Kier molecular flexibility index (Phi) is 36.1. The van der Waals surface area contributed by atoms with Gasteiger partial charge in [0.2, 0.25) is 0 Å². The summed E-state index contributed by atoms with van der Waals surface area (Å²) in [5.74, 6) is -0.358. The second-order valence-electron chi connectivity index (χ2n) is 15.1. The summed E-state index contributed by atoms with van der Waals surface area (Å²) < 4.78 is 22.8. The molecule has 4 N–H and O–H groups in total. The van der Waals surface area contributed by atoms with E-state index in [0.717, 1.165) is 70.6 Å². The largest absolute Gasteiger partial charge is 0.457 e. The van der Waals surface area contributed by atoms with Crippen LogP contribution in [0, 0.1) is 0 Å². The third kappa shape index (κ3) is 30.4. The molecule has 0 bridgehead atoms. The van der Waals surface area contributed by atoms with Crippen LogP contribution in [0.25, 0.3) is 0 Å². The maximum Gasteiger partial charge on any atom is 0.306 e. The summed E-state index contributed by atoms with van der Waals surface area (Å²) in [7, 11) is 0. The van der Waals surface area contributed by atoms with Gasteiger partial charge >= 0.3 is 5.97 Å². The Bertz CT molecular complexity index is 1100. The van der Waals surface area contributed by atoms with E-state index in [1.807, 2.05) is 0 Å². The molecule has 6 atom stereocenters. The highest BCUT2D eigenvalue weighted by Crippen LogP contribution is 2.22. The highest BCUT2D eigenvalue weighted by atomic mass is 16.7. The molecule has 57 heavy (non-hydrogen) atoms. The minimum Gasteiger partial charge on any atom is -0.457 e. The number of ether oxygens (including phenoxy) is 4. The number of allylic oxidation sites excluding steroid dienone is 12. The van der Waals surface area contributed by atoms with Crippen molar-refractivity contribution in [1.82, 2.24) is 0 Å². The molecule has 1 rings (SSSR count). The first-order valence-electron chi connectivity index (χ1n) is 22.5. The Hall–Kier alpha value is -2.37. The van der Waals surface area contributed by atoms with Gasteiger partial charge in [0.25, 0.3) is 0 Å². The van der Waals surface area contributed by atoms with Gasteiger partial charge in [-0.25, -0.2) is 0 Å². The third-order valence-corrected chi connectivity index (χ3v) is 9.86. The summed E-state index contributed by atoms with van der Waals surface area (Å²) in [6.45, 7) is 4.35. The standard InChI is InChI=1S/C48H82O9/c1-3-5-7-9-11-13-15-17-19-20-21-22-24-26-28-30-32-34-36-38-54-40-42(41-55-48-47(53)46(52)45(51)43(39-49)57-48)56-44(50)37-35-33-31-29-27-25-23-18-16-14-12-10-8-6-4-2/h6,8,12-15,18-20,23,27,29,42-43,45-49,51-53H,3-5,7,9-11,16-17,21-22,24-26,28,30-41H2,1-2H3/b8-6-,14-12-,15-13-,20-19-,23-18-,29-27-. The van der Waals surface area contributed by atoms with Crippen molar-refractivity contribution in [2.45, 2.75) is 198 Å². The number of hydrogen-bond acceptors (Lipinski definition) is 9. The molecule has 6 unspecified atom stereocenters. The second kappa shape index (κ2) is 39.1. The van der Waals surface area contributed by atoms with Crippen LogP contribution in [0.2, 0.25) is 0 Å². The van der Waals surface area contributed by atoms with Crippen molar-refractivity contribution < 1.29 is 44.2 Å². The van der Waals surface area contributed by atoms with Gasteiger partial charge in [-0.1, -0.05) is 145 Å². The van der Waals surface area contributed by atoms with Crippen LogP contribution in [0.1, 0.15) is 162 Å². The summed E-state index contributed by atoms with van der Waals surface area (Å²) in [6, 6.07) is 0. The highest BCUT2D eigenvalue weighted by molar-refractivity contribution is 5.69. The Balaban J connectivity index is 2.30. The average molecular weight is 803 g/mol. The average Bonchev–Trinajstić information content (AvgIpc) is 3.21. The molecule has 0 aromatic rings. The minimum absolute atomic E-state index is 0.120. The van der Waals surface area contributed by atoms with E-state index in [1.54, 1.807) is 0 Å². The summed E-state index contributed by atoms with van der Waals surface area (Å²) in [4.78, 5) is 12.8. The molecular formula is C48H82O9. The molecule has 1 aliphatic heterocycles. The molecule has 1 heterocycles. The number of hydrogen-bond donors (Lipinski definition) is 4. The number of esters is 1. The van der Waals surface area contributed by atoms with Crippen LogP contribution in [0.3, 0.4) is 0 Å². The van der Waals surface area contributed by atoms with Crippen molar-refractivity contribution in [3.63, 3.8) is 0 Å². The Morgan fingerprint density at radius 1 is 0.579 bits per heavy atom. The van der Waals surface area contributed by atoms with E-state index in [1.165, 1.54) is 64.2 Å². The lowest BCUT2D eigenvalue weighted by molar-refractivity contribution is -0.305. The first-order chi connectivity index (χ1) is 27.9. The molecule has 0 aliphatic carbocycles.